The van der Waals surface area contributed by atoms with Gasteiger partial charge in [0.05, 0.1) is 41.4 Å². The first kappa shape index (κ1) is 37.5. The minimum atomic E-state index is -0.515. The van der Waals surface area contributed by atoms with E-state index in [0.717, 1.165) is 70.2 Å². The number of hydrogen-bond donors (Lipinski definition) is 3. The van der Waals surface area contributed by atoms with Crippen molar-refractivity contribution in [2.75, 3.05) is 46.1 Å². The number of rotatable bonds is 8. The van der Waals surface area contributed by atoms with Crippen LogP contribution >= 0.6 is 20.6 Å². The summed E-state index contributed by atoms with van der Waals surface area (Å²) in [4.78, 5) is 26.8. The summed E-state index contributed by atoms with van der Waals surface area (Å²) >= 11 is 1.05. The van der Waals surface area contributed by atoms with Gasteiger partial charge >= 0.3 is 0 Å². The summed E-state index contributed by atoms with van der Waals surface area (Å²) in [6.07, 6.45) is 5.38. The van der Waals surface area contributed by atoms with Crippen molar-refractivity contribution < 1.29 is 13.9 Å². The number of nitrogens with zero attached hydrogens (tertiary/aromatic N) is 5. The highest BCUT2D eigenvalue weighted by molar-refractivity contribution is 7.23. The van der Waals surface area contributed by atoms with E-state index in [4.69, 9.17) is 15.5 Å². The van der Waals surface area contributed by atoms with E-state index >= 15 is 0 Å². The summed E-state index contributed by atoms with van der Waals surface area (Å²) in [5, 5.41) is 18.5. The molecule has 48 heavy (non-hydrogen) atoms. The molecule has 260 valence electrons. The number of nitriles is 1. The molecule has 4 N–H and O–H groups in total. The quantitative estimate of drug-likeness (QED) is 0.294. The third-order valence-electron chi connectivity index (χ3n) is 8.92. The van der Waals surface area contributed by atoms with Crippen LogP contribution in [-0.2, 0) is 9.53 Å². The van der Waals surface area contributed by atoms with Gasteiger partial charge in [0.1, 0.15) is 22.9 Å². The van der Waals surface area contributed by atoms with Crippen LogP contribution < -0.4 is 16.4 Å². The van der Waals surface area contributed by atoms with Gasteiger partial charge in [-0.1, -0.05) is 53.9 Å². The van der Waals surface area contributed by atoms with E-state index in [0.29, 0.717) is 41.5 Å². The molecule has 5 heterocycles. The van der Waals surface area contributed by atoms with Crippen molar-refractivity contribution in [2.24, 2.45) is 4.99 Å². The number of carbonyl (C=O) groups excluding carboxylic acids is 1. The number of nitrogens with one attached hydrogen (secondary N) is 2. The molecule has 13 heteroatoms. The standard InChI is InChI=1S/C29H34FN8O2PS.C4H10.C2H6/c1-5-6-19(13(2)39)34-28-22-17-12-40-11-16(17)20(23-21-15(7-31)27(32)42-26(21)18(30)8-33-23)25(41)24(22)35-29(36-28)38-9-14(10-38)37(3)4;1-3-4-2;1-2/h8,14,19,24,34H,5-6,9-12,32,41H2,1-4H3,(H,35,36);3-4H2,1-2H3;1-2H3. The molecular weight excluding hydrogens is 646 g/mol. The number of halogens is 1. The third-order valence-corrected chi connectivity index (χ3v) is 10.6. The summed E-state index contributed by atoms with van der Waals surface area (Å²) in [5.41, 5.74) is 10.4. The van der Waals surface area contributed by atoms with Gasteiger partial charge in [-0.15, -0.1) is 20.6 Å². The topological polar surface area (TPSA) is 132 Å². The van der Waals surface area contributed by atoms with Gasteiger partial charge in [0.25, 0.3) is 0 Å². The molecule has 0 aromatic carbocycles. The van der Waals surface area contributed by atoms with E-state index in [1.54, 1.807) is 6.92 Å². The van der Waals surface area contributed by atoms with Crippen LogP contribution in [0.25, 0.3) is 15.7 Å². The molecule has 10 nitrogen and oxygen atoms in total. The highest BCUT2D eigenvalue weighted by Crippen LogP contribution is 2.50. The number of ketones is 1. The molecule has 1 aliphatic carbocycles. The number of likely N-dealkylation sites (tertiary alicyclic amines) is 1. The number of nitrogens with two attached hydrogens (primary N) is 1. The maximum Gasteiger partial charge on any atom is 0.200 e. The molecule has 1 fully saturated rings. The van der Waals surface area contributed by atoms with Gasteiger partial charge in [-0.25, -0.2) is 9.38 Å². The lowest BCUT2D eigenvalue weighted by atomic mass is 9.82. The van der Waals surface area contributed by atoms with E-state index in [1.165, 1.54) is 19.0 Å². The number of hydrogen-bond acceptors (Lipinski definition) is 11. The molecule has 0 amide bonds. The predicted octanol–water partition coefficient (Wildman–Crippen LogP) is 5.78. The Morgan fingerprint density at radius 3 is 2.50 bits per heavy atom. The molecule has 3 aliphatic heterocycles. The number of thiophene rings is 1. The third kappa shape index (κ3) is 7.16. The van der Waals surface area contributed by atoms with E-state index < -0.39 is 11.9 Å². The number of aliphatic imine (C=N–C) groups is 1. The second-order valence-corrected chi connectivity index (χ2v) is 14.0. The molecule has 0 radical (unpaired) electrons. The zero-order valence-electron chi connectivity index (χ0n) is 29.5. The average Bonchev–Trinajstić information content (AvgIpc) is 3.66. The first-order chi connectivity index (χ1) is 23.1. The van der Waals surface area contributed by atoms with Crippen LogP contribution in [0.4, 0.5) is 9.39 Å². The lowest BCUT2D eigenvalue weighted by Gasteiger charge is -2.46. The molecule has 2 aromatic heterocycles. The van der Waals surface area contributed by atoms with Crippen LogP contribution in [0.5, 0.6) is 0 Å². The minimum absolute atomic E-state index is 0.0657. The lowest BCUT2D eigenvalue weighted by Crippen LogP contribution is -2.63. The maximum atomic E-state index is 14.9. The molecule has 0 spiro atoms. The van der Waals surface area contributed by atoms with Crippen LogP contribution in [0.15, 0.2) is 39.0 Å². The molecule has 1 saturated heterocycles. The Balaban J connectivity index is 0.000000808. The van der Waals surface area contributed by atoms with Crippen molar-refractivity contribution in [2.45, 2.75) is 85.4 Å². The van der Waals surface area contributed by atoms with Crippen LogP contribution in [-0.4, -0.2) is 85.1 Å². The minimum Gasteiger partial charge on any atom is -0.389 e. The van der Waals surface area contributed by atoms with Gasteiger partial charge in [-0.3, -0.25) is 9.78 Å². The van der Waals surface area contributed by atoms with Gasteiger partial charge in [0, 0.05) is 35.7 Å². The number of guanidine groups is 1. The zero-order chi connectivity index (χ0) is 35.3. The van der Waals surface area contributed by atoms with E-state index in [1.807, 2.05) is 13.8 Å². The van der Waals surface area contributed by atoms with Gasteiger partial charge in [-0.2, -0.15) is 5.26 Å². The number of Topliss-reactive ketones (excluding diaryl/α,β-unsaturated/α-hetero) is 1. The second kappa shape index (κ2) is 16.4. The van der Waals surface area contributed by atoms with Crippen LogP contribution in [0.1, 0.15) is 78.5 Å². The Labute approximate surface area is 290 Å². The number of aromatic nitrogens is 1. The van der Waals surface area contributed by atoms with E-state index in [9.17, 15) is 14.4 Å². The number of anilines is 1. The molecule has 2 aromatic rings. The smallest absolute Gasteiger partial charge is 0.200 e. The van der Waals surface area contributed by atoms with Crippen molar-refractivity contribution >= 4 is 53.0 Å². The molecule has 4 aliphatic rings. The van der Waals surface area contributed by atoms with E-state index in [-0.39, 0.29) is 22.4 Å². The number of pyridine rings is 1. The first-order valence-electron chi connectivity index (χ1n) is 16.9. The lowest BCUT2D eigenvalue weighted by molar-refractivity contribution is -0.119. The van der Waals surface area contributed by atoms with Crippen LogP contribution in [0, 0.1) is 17.1 Å². The van der Waals surface area contributed by atoms with Crippen molar-refractivity contribution in [1.82, 2.24) is 25.4 Å². The molecule has 0 saturated carbocycles. The Morgan fingerprint density at radius 2 is 1.92 bits per heavy atom. The largest absolute Gasteiger partial charge is 0.389 e. The van der Waals surface area contributed by atoms with Crippen LogP contribution in [0.3, 0.4) is 0 Å². The predicted molar refractivity (Wildman–Crippen MR) is 198 cm³/mol. The number of fused-ring (bicyclic) bond motifs is 3. The van der Waals surface area contributed by atoms with E-state index in [2.05, 4.69) is 75.6 Å². The van der Waals surface area contributed by atoms with Crippen molar-refractivity contribution in [3.8, 4) is 6.07 Å². The van der Waals surface area contributed by atoms with Gasteiger partial charge in [0.15, 0.2) is 11.6 Å². The van der Waals surface area contributed by atoms with Gasteiger partial charge in [0.2, 0.25) is 5.96 Å². The summed E-state index contributed by atoms with van der Waals surface area (Å²) in [7, 11) is 6.98. The summed E-state index contributed by atoms with van der Waals surface area (Å²) in [6, 6.07) is 1.79. The second-order valence-electron chi connectivity index (χ2n) is 12.3. The fraction of sp³-hybridized carbons (Fsp3) is 0.543. The summed E-state index contributed by atoms with van der Waals surface area (Å²) in [6.45, 7) is 14.3. The first-order valence-corrected chi connectivity index (χ1v) is 18.3. The molecule has 3 unspecified atom stereocenters. The molecule has 3 atom stereocenters. The fourth-order valence-electron chi connectivity index (χ4n) is 6.02. The summed E-state index contributed by atoms with van der Waals surface area (Å²) < 4.78 is 21.2. The Morgan fingerprint density at radius 1 is 1.25 bits per heavy atom. The number of carbonyl (C=O) groups is 1. The molecular formula is C35H50FN8O2PS. The van der Waals surface area contributed by atoms with Gasteiger partial charge in [-0.05, 0) is 43.9 Å². The highest BCUT2D eigenvalue weighted by atomic mass is 32.1. The zero-order valence-corrected chi connectivity index (χ0v) is 31.4. The monoisotopic (exact) mass is 696 g/mol. The summed E-state index contributed by atoms with van der Waals surface area (Å²) in [5.74, 6) is 1.02. The highest BCUT2D eigenvalue weighted by Gasteiger charge is 2.42. The SMILES string of the molecule is CC.CCCC.CCCC(NC1=C2C3=C(COC3)C(c3ncc(F)c4sc(N)c(C#N)c34)=C(P)C2N=C(N2CC(N(C)C)C2)N1)C(C)=O. The van der Waals surface area contributed by atoms with Gasteiger partial charge < -0.3 is 30.9 Å². The number of likely N-dealkylation sites (N-methyl/N-ethyl adjacent to an activating group) is 1. The number of ether oxygens (including phenoxy) is 1. The Bertz CT molecular complexity index is 1700. The van der Waals surface area contributed by atoms with Crippen LogP contribution in [0.2, 0.25) is 0 Å². The van der Waals surface area contributed by atoms with Crippen molar-refractivity contribution in [3.63, 3.8) is 0 Å². The molecule has 6 rings (SSSR count). The Kier molecular flexibility index (Phi) is 12.8. The number of nitrogen functional groups attached to an aromatic ring is 1. The Hall–Kier alpha value is -3.36. The number of unbranched alkanes of at least 4 members (excludes halogenated alkanes) is 1. The van der Waals surface area contributed by atoms with Crippen molar-refractivity contribution in [1.29, 1.82) is 5.26 Å². The maximum absolute atomic E-state index is 14.9. The van der Waals surface area contributed by atoms with Crippen molar-refractivity contribution in [3.05, 3.63) is 51.1 Å². The molecule has 0 bridgehead atoms. The fourth-order valence-corrected chi connectivity index (χ4v) is 7.49. The normalized spacial score (nSPS) is 19.3. The average molecular weight is 697 g/mol.